The van der Waals surface area contributed by atoms with E-state index in [0.717, 1.165) is 10.9 Å². The molecule has 19 heavy (non-hydrogen) atoms. The van der Waals surface area contributed by atoms with Crippen molar-refractivity contribution in [1.82, 2.24) is 0 Å². The molecule has 0 saturated heterocycles. The zero-order valence-electron chi connectivity index (χ0n) is 11.6. The number of benzene rings is 2. The van der Waals surface area contributed by atoms with E-state index in [2.05, 4.69) is 10.2 Å². The number of hydrogen-bond acceptors (Lipinski definition) is 3. The van der Waals surface area contributed by atoms with Crippen molar-refractivity contribution in [2.45, 2.75) is 20.8 Å². The third kappa shape index (κ3) is 3.54. The largest absolute Gasteiger partial charge is 0.698 e. The molecule has 0 spiro atoms. The first kappa shape index (κ1) is 17.6. The maximum absolute atomic E-state index is 10.1. The fourth-order valence-corrected chi connectivity index (χ4v) is 1.79. The number of phenolic OH excluding ortho intramolecular Hbond substituents is 1. The summed E-state index contributed by atoms with van der Waals surface area (Å²) in [7, 11) is 1.55. The molecule has 0 aliphatic carbocycles. The van der Waals surface area contributed by atoms with E-state index < -0.39 is 0 Å². The van der Waals surface area contributed by atoms with Gasteiger partial charge in [0.25, 0.3) is 0 Å². The van der Waals surface area contributed by atoms with E-state index in [1.54, 1.807) is 19.2 Å². The zero-order chi connectivity index (χ0) is 13.7. The number of fused-ring (bicyclic) bond motifs is 1. The summed E-state index contributed by atoms with van der Waals surface area (Å²) in [6.07, 6.45) is 0. The van der Waals surface area contributed by atoms with E-state index >= 15 is 0 Å². The Kier molecular flexibility index (Phi) is 7.31. The van der Waals surface area contributed by atoms with Crippen molar-refractivity contribution in [2.75, 3.05) is 7.05 Å². The van der Waals surface area contributed by atoms with Gasteiger partial charge in [0.05, 0.1) is 0 Å². The summed E-state index contributed by atoms with van der Waals surface area (Å²) in [6, 6.07) is 7.21. The fraction of sp³-hybridized carbons (Fsp3) is 0.286. The van der Waals surface area contributed by atoms with Crippen LogP contribution in [0, 0.1) is 6.92 Å². The molecular weight excluding hydrogens is 410 g/mol. The minimum absolute atomic E-state index is 0. The smallest absolute Gasteiger partial charge is 0.149 e. The fourth-order valence-electron chi connectivity index (χ4n) is 1.79. The van der Waals surface area contributed by atoms with Gasteiger partial charge in [-0.2, -0.15) is 10.2 Å². The number of nitrogens with one attached hydrogen (secondary N) is 1. The topological polar surface area (TPSA) is 68.8 Å². The van der Waals surface area contributed by atoms with Crippen molar-refractivity contribution >= 4 is 22.1 Å². The summed E-state index contributed by atoms with van der Waals surface area (Å²) in [6.45, 7) is 5.86. The first-order valence-corrected chi connectivity index (χ1v) is 5.92. The molecule has 0 radical (unpaired) electrons. The molecule has 0 unspecified atom stereocenters. The van der Waals surface area contributed by atoms with Crippen molar-refractivity contribution in [3.63, 3.8) is 0 Å². The first-order chi connectivity index (χ1) is 8.65. The molecule has 102 valence electrons. The standard InChI is InChI=1S/C12H12N3O.C2H6.W/c1-7-6-8-4-3-5-9(13)10(8)12(16)11(7)15-14-2;1-2;/h3-6H,1-2H3,(H2-,13,14,16);1-2H3;/q-1;;. The Morgan fingerprint density at radius 2 is 1.84 bits per heavy atom. The van der Waals surface area contributed by atoms with Crippen molar-refractivity contribution in [3.8, 4) is 5.75 Å². The molecule has 0 aliphatic rings. The quantitative estimate of drug-likeness (QED) is 0.618. The van der Waals surface area contributed by atoms with Gasteiger partial charge in [-0.15, -0.1) is 5.69 Å². The van der Waals surface area contributed by atoms with Crippen molar-refractivity contribution in [3.05, 3.63) is 35.6 Å². The van der Waals surface area contributed by atoms with Crippen LogP contribution in [-0.4, -0.2) is 12.2 Å². The van der Waals surface area contributed by atoms with Crippen LogP contribution in [0.2, 0.25) is 0 Å². The van der Waals surface area contributed by atoms with E-state index in [-0.39, 0.29) is 26.8 Å². The second-order valence-electron chi connectivity index (χ2n) is 3.59. The molecule has 2 aromatic carbocycles. The van der Waals surface area contributed by atoms with Crippen molar-refractivity contribution < 1.29 is 26.2 Å². The monoisotopic (exact) mass is 428 g/mol. The average molecular weight is 428 g/mol. The summed E-state index contributed by atoms with van der Waals surface area (Å²) >= 11 is 0. The predicted molar refractivity (Wildman–Crippen MR) is 76.1 cm³/mol. The Morgan fingerprint density at radius 1 is 1.21 bits per heavy atom. The second-order valence-corrected chi connectivity index (χ2v) is 3.59. The molecule has 2 N–H and O–H groups in total. The molecule has 0 amide bonds. The molecule has 0 atom stereocenters. The van der Waals surface area contributed by atoms with Crippen LogP contribution in [0.25, 0.3) is 16.5 Å². The van der Waals surface area contributed by atoms with Gasteiger partial charge in [-0.25, -0.2) is 0 Å². The molecule has 5 heteroatoms. The second kappa shape index (κ2) is 7.90. The molecule has 2 aromatic rings. The number of hydrogen-bond donors (Lipinski definition) is 1. The number of azo groups is 1. The van der Waals surface area contributed by atoms with Gasteiger partial charge < -0.3 is 10.8 Å². The van der Waals surface area contributed by atoms with Gasteiger partial charge in [-0.1, -0.05) is 32.0 Å². The summed E-state index contributed by atoms with van der Waals surface area (Å²) in [5.41, 5.74) is 9.35. The van der Waals surface area contributed by atoms with Gasteiger partial charge in [0.15, 0.2) is 0 Å². The predicted octanol–water partition coefficient (Wildman–Crippen LogP) is 5.27. The van der Waals surface area contributed by atoms with E-state index in [9.17, 15) is 5.11 Å². The van der Waals surface area contributed by atoms with Gasteiger partial charge in [0.2, 0.25) is 0 Å². The van der Waals surface area contributed by atoms with Gasteiger partial charge in [-0.3, -0.25) is 0 Å². The van der Waals surface area contributed by atoms with Crippen molar-refractivity contribution in [2.24, 2.45) is 10.2 Å². The third-order valence-electron chi connectivity index (χ3n) is 2.50. The summed E-state index contributed by atoms with van der Waals surface area (Å²) in [4.78, 5) is 0. The molecule has 0 saturated carbocycles. The maximum Gasteiger partial charge on any atom is 0.149 e. The number of phenols is 1. The SMILES string of the molecule is CC.CN=Nc1c(C)cc2cccc([NH-])c2c1O.[W]. The van der Waals surface area contributed by atoms with Crippen LogP contribution in [-0.2, 0) is 21.1 Å². The van der Waals surface area contributed by atoms with Crippen LogP contribution < -0.4 is 0 Å². The minimum atomic E-state index is 0. The van der Waals surface area contributed by atoms with Crippen LogP contribution in [0.5, 0.6) is 5.75 Å². The first-order valence-electron chi connectivity index (χ1n) is 5.92. The Hall–Kier alpha value is -1.41. The van der Waals surface area contributed by atoms with Crippen LogP contribution >= 0.6 is 0 Å². The number of nitrogens with zero attached hydrogens (tertiary/aromatic N) is 2. The van der Waals surface area contributed by atoms with Gasteiger partial charge in [-0.05, 0) is 23.9 Å². The summed E-state index contributed by atoms with van der Waals surface area (Å²) in [5, 5.41) is 19.0. The van der Waals surface area contributed by atoms with Crippen LogP contribution in [0.3, 0.4) is 0 Å². The Balaban J connectivity index is 0.00000103. The summed E-state index contributed by atoms with van der Waals surface area (Å²) in [5.74, 6) is 0.0335. The van der Waals surface area contributed by atoms with Crippen LogP contribution in [0.1, 0.15) is 19.4 Å². The van der Waals surface area contributed by atoms with Crippen LogP contribution in [0.4, 0.5) is 11.4 Å². The third-order valence-corrected chi connectivity index (χ3v) is 2.50. The number of aromatic hydroxyl groups is 1. The Labute approximate surface area is 128 Å². The molecule has 0 bridgehead atoms. The van der Waals surface area contributed by atoms with E-state index in [1.165, 1.54) is 0 Å². The average Bonchev–Trinajstić information content (AvgIpc) is 2.36. The molecule has 2 rings (SSSR count). The Morgan fingerprint density at radius 3 is 2.42 bits per heavy atom. The molecule has 0 aromatic heterocycles. The van der Waals surface area contributed by atoms with E-state index in [4.69, 9.17) is 5.73 Å². The molecule has 0 fully saturated rings. The molecule has 0 aliphatic heterocycles. The van der Waals surface area contributed by atoms with Crippen molar-refractivity contribution in [1.29, 1.82) is 0 Å². The van der Waals surface area contributed by atoms with Gasteiger partial charge in [0.1, 0.15) is 11.4 Å². The van der Waals surface area contributed by atoms with E-state index in [1.807, 2.05) is 32.9 Å². The Bertz CT molecular complexity index is 582. The molecular formula is C14H18N3OW-. The molecule has 0 heterocycles. The van der Waals surface area contributed by atoms with Gasteiger partial charge in [0, 0.05) is 33.5 Å². The normalized spacial score (nSPS) is 9.89. The number of rotatable bonds is 1. The van der Waals surface area contributed by atoms with Gasteiger partial charge >= 0.3 is 0 Å². The summed E-state index contributed by atoms with van der Waals surface area (Å²) < 4.78 is 0. The maximum atomic E-state index is 10.1. The minimum Gasteiger partial charge on any atom is -0.698 e. The number of aryl methyl sites for hydroxylation is 1. The molecule has 4 nitrogen and oxygen atoms in total. The zero-order valence-corrected chi connectivity index (χ0v) is 14.5. The van der Waals surface area contributed by atoms with Crippen LogP contribution in [0.15, 0.2) is 34.5 Å². The van der Waals surface area contributed by atoms with E-state index in [0.29, 0.717) is 16.8 Å².